The van der Waals surface area contributed by atoms with Crippen LogP contribution in [0, 0.1) is 0 Å². The number of carbonyl (C=O) groups excluding carboxylic acids is 1. The molecule has 3 aliphatic heterocycles. The number of ether oxygens (including phenoxy) is 4. The molecule has 1 amide bonds. The number of cyclic esters (lactones) is 1. The van der Waals surface area contributed by atoms with Crippen LogP contribution in [0.4, 0.5) is 4.79 Å². The maximum Gasteiger partial charge on any atom is 0.407 e. The van der Waals surface area contributed by atoms with E-state index in [1.165, 1.54) is 12.0 Å². The molecule has 3 aromatic rings. The van der Waals surface area contributed by atoms with Crippen LogP contribution in [0.2, 0.25) is 0 Å². The van der Waals surface area contributed by atoms with Crippen molar-refractivity contribution in [2.45, 2.75) is 38.5 Å². The van der Waals surface area contributed by atoms with Gasteiger partial charge in [-0.25, -0.2) is 14.6 Å². The van der Waals surface area contributed by atoms with Gasteiger partial charge in [-0.05, 0) is 30.5 Å². The van der Waals surface area contributed by atoms with Gasteiger partial charge in [0.05, 0.1) is 35.6 Å². The lowest BCUT2D eigenvalue weighted by Crippen LogP contribution is -2.44. The van der Waals surface area contributed by atoms with Gasteiger partial charge in [0.25, 0.3) is 5.56 Å². The molecule has 0 spiro atoms. The van der Waals surface area contributed by atoms with Crippen LogP contribution in [-0.4, -0.2) is 70.3 Å². The third kappa shape index (κ3) is 3.81. The second kappa shape index (κ2) is 9.24. The summed E-state index contributed by atoms with van der Waals surface area (Å²) in [4.78, 5) is 44.2. The number of aliphatic hydroxyl groups is 1. The maximum absolute atomic E-state index is 13.6. The molecule has 0 aliphatic carbocycles. The van der Waals surface area contributed by atoms with Crippen molar-refractivity contribution < 1.29 is 38.7 Å². The van der Waals surface area contributed by atoms with Gasteiger partial charge in [0.1, 0.15) is 6.61 Å². The molecule has 5 heterocycles. The van der Waals surface area contributed by atoms with Gasteiger partial charge in [0.2, 0.25) is 6.79 Å². The molecule has 1 atom stereocenters. The number of rotatable bonds is 7. The smallest absolute Gasteiger partial charge is 0.407 e. The zero-order valence-corrected chi connectivity index (χ0v) is 21.5. The van der Waals surface area contributed by atoms with Crippen LogP contribution in [0.3, 0.4) is 0 Å². The normalized spacial score (nSPS) is 18.5. The van der Waals surface area contributed by atoms with Crippen molar-refractivity contribution in [2.24, 2.45) is 0 Å². The van der Waals surface area contributed by atoms with Crippen molar-refractivity contribution in [3.8, 4) is 22.9 Å². The van der Waals surface area contributed by atoms with Crippen molar-refractivity contribution in [2.75, 3.05) is 33.6 Å². The minimum Gasteiger partial charge on any atom is -0.465 e. The fourth-order valence-electron chi connectivity index (χ4n) is 5.59. The zero-order valence-electron chi connectivity index (χ0n) is 21.5. The molecule has 12 nitrogen and oxygen atoms in total. The number of methoxy groups -OCH3 is 1. The van der Waals surface area contributed by atoms with Gasteiger partial charge in [-0.3, -0.25) is 4.79 Å². The topological polar surface area (TPSA) is 150 Å². The van der Waals surface area contributed by atoms with Crippen LogP contribution >= 0.6 is 0 Å². The first kappa shape index (κ1) is 25.1. The van der Waals surface area contributed by atoms with Crippen molar-refractivity contribution in [1.29, 1.82) is 0 Å². The monoisotopic (exact) mass is 537 g/mol. The first-order chi connectivity index (χ1) is 18.8. The van der Waals surface area contributed by atoms with Crippen molar-refractivity contribution in [3.63, 3.8) is 0 Å². The summed E-state index contributed by atoms with van der Waals surface area (Å²) >= 11 is 0. The van der Waals surface area contributed by atoms with Crippen molar-refractivity contribution in [3.05, 3.63) is 50.8 Å². The number of hydrogen-bond acceptors (Lipinski definition) is 9. The number of aromatic nitrogens is 2. The lowest BCUT2D eigenvalue weighted by Gasteiger charge is -2.31. The maximum atomic E-state index is 13.6. The van der Waals surface area contributed by atoms with Gasteiger partial charge in [-0.2, -0.15) is 0 Å². The number of esters is 1. The predicted molar refractivity (Wildman–Crippen MR) is 136 cm³/mol. The third-order valence-corrected chi connectivity index (χ3v) is 7.77. The van der Waals surface area contributed by atoms with Crippen LogP contribution in [0.25, 0.3) is 22.3 Å². The summed E-state index contributed by atoms with van der Waals surface area (Å²) in [5.41, 5.74) is 1.38. The van der Waals surface area contributed by atoms with Crippen LogP contribution in [0.1, 0.15) is 35.6 Å². The fraction of sp³-hybridized carbons (Fsp3) is 0.407. The summed E-state index contributed by atoms with van der Waals surface area (Å²) in [6.07, 6.45) is -0.670. The molecular weight excluding hydrogens is 510 g/mol. The lowest BCUT2D eigenvalue weighted by molar-refractivity contribution is -0.172. The standard InChI is InChI=1S/C27H27N3O9/c1-3-27(35)18-9-20-23-16(11-30(20)24(31)17(18)12-37-25(27)32)14(4-5-29(26(33)34)6-7-36-2)15-8-21-22(39-13-38-21)10-19(15)28-23/h8-10,35H,3-7,11-13H2,1-2H3,(H,33,34). The Kier molecular flexibility index (Phi) is 5.96. The second-order valence-electron chi connectivity index (χ2n) is 9.76. The molecule has 3 aliphatic rings. The first-order valence-corrected chi connectivity index (χ1v) is 12.7. The number of benzene rings is 1. The summed E-state index contributed by atoms with van der Waals surface area (Å²) < 4.78 is 22.9. The molecule has 1 unspecified atom stereocenters. The molecule has 0 saturated heterocycles. The Morgan fingerprint density at radius 2 is 1.92 bits per heavy atom. The van der Waals surface area contributed by atoms with Gasteiger partial charge in [0, 0.05) is 42.8 Å². The number of fused-ring (bicyclic) bond motifs is 6. The van der Waals surface area contributed by atoms with E-state index in [-0.39, 0.29) is 62.7 Å². The Balaban J connectivity index is 1.53. The Labute approximate surface area is 222 Å². The fourth-order valence-corrected chi connectivity index (χ4v) is 5.59. The highest BCUT2D eigenvalue weighted by Crippen LogP contribution is 2.43. The molecule has 2 N–H and O–H groups in total. The largest absolute Gasteiger partial charge is 0.465 e. The molecule has 12 heteroatoms. The van der Waals surface area contributed by atoms with Crippen molar-refractivity contribution >= 4 is 23.0 Å². The quantitative estimate of drug-likeness (QED) is 0.335. The van der Waals surface area contributed by atoms with Gasteiger partial charge < -0.3 is 38.6 Å². The Hall–Kier alpha value is -4.16. The van der Waals surface area contributed by atoms with E-state index in [0.717, 1.165) is 16.5 Å². The zero-order chi connectivity index (χ0) is 27.5. The highest BCUT2D eigenvalue weighted by atomic mass is 16.7. The second-order valence-corrected chi connectivity index (χ2v) is 9.76. The lowest BCUT2D eigenvalue weighted by atomic mass is 9.86. The molecule has 0 saturated carbocycles. The van der Waals surface area contributed by atoms with E-state index in [4.69, 9.17) is 23.9 Å². The summed E-state index contributed by atoms with van der Waals surface area (Å²) in [5, 5.41) is 21.6. The van der Waals surface area contributed by atoms with Gasteiger partial charge in [-0.1, -0.05) is 6.92 Å². The molecular formula is C27H27N3O9. The Morgan fingerprint density at radius 3 is 2.64 bits per heavy atom. The molecule has 204 valence electrons. The molecule has 6 rings (SSSR count). The Bertz CT molecular complexity index is 1600. The highest BCUT2D eigenvalue weighted by molar-refractivity contribution is 5.91. The molecule has 2 aromatic heterocycles. The van der Waals surface area contributed by atoms with E-state index in [1.807, 2.05) is 6.07 Å². The molecule has 0 bridgehead atoms. The Morgan fingerprint density at radius 1 is 1.15 bits per heavy atom. The van der Waals surface area contributed by atoms with E-state index in [2.05, 4.69) is 0 Å². The number of amides is 1. The predicted octanol–water partition coefficient (Wildman–Crippen LogP) is 1.98. The van der Waals surface area contributed by atoms with Crippen LogP contribution < -0.4 is 15.0 Å². The van der Waals surface area contributed by atoms with Crippen LogP contribution in [0.5, 0.6) is 11.5 Å². The van der Waals surface area contributed by atoms with Crippen LogP contribution in [0.15, 0.2) is 23.0 Å². The van der Waals surface area contributed by atoms with Crippen molar-refractivity contribution in [1.82, 2.24) is 14.5 Å². The molecule has 0 fully saturated rings. The summed E-state index contributed by atoms with van der Waals surface area (Å²) in [6, 6.07) is 5.25. The van der Waals surface area contributed by atoms with E-state index in [9.17, 15) is 24.6 Å². The summed E-state index contributed by atoms with van der Waals surface area (Å²) in [5.74, 6) is 0.314. The van der Waals surface area contributed by atoms with Gasteiger partial charge >= 0.3 is 12.1 Å². The van der Waals surface area contributed by atoms with E-state index in [0.29, 0.717) is 34.8 Å². The number of pyridine rings is 2. The number of nitrogens with zero attached hydrogens (tertiary/aromatic N) is 3. The summed E-state index contributed by atoms with van der Waals surface area (Å²) in [6.45, 7) is 2.38. The average Bonchev–Trinajstić information content (AvgIpc) is 3.53. The van der Waals surface area contributed by atoms with E-state index >= 15 is 0 Å². The highest BCUT2D eigenvalue weighted by Gasteiger charge is 2.45. The first-order valence-electron chi connectivity index (χ1n) is 12.7. The SMILES string of the molecule is CCC1(O)C(=O)OCc2c1cc1n(c2=O)Cc2c-1nc1cc3c(cc1c2CCN(CCOC)C(=O)O)OCO3. The average molecular weight is 538 g/mol. The minimum absolute atomic E-state index is 0.0426. The number of carboxylic acid groups (broad SMARTS) is 1. The number of hydrogen-bond donors (Lipinski definition) is 2. The van der Waals surface area contributed by atoms with Gasteiger partial charge in [0.15, 0.2) is 17.1 Å². The molecule has 1 aromatic carbocycles. The minimum atomic E-state index is -1.93. The number of carbonyl (C=O) groups is 2. The van der Waals surface area contributed by atoms with E-state index < -0.39 is 17.7 Å². The van der Waals surface area contributed by atoms with E-state index in [1.54, 1.807) is 23.6 Å². The van der Waals surface area contributed by atoms with Gasteiger partial charge in [-0.15, -0.1) is 0 Å². The summed E-state index contributed by atoms with van der Waals surface area (Å²) in [7, 11) is 1.51. The molecule has 0 radical (unpaired) electrons. The molecule has 39 heavy (non-hydrogen) atoms. The third-order valence-electron chi connectivity index (χ3n) is 7.77. The van der Waals surface area contributed by atoms with Crippen LogP contribution in [-0.2, 0) is 39.4 Å².